The second-order valence-electron chi connectivity index (χ2n) is 6.19. The highest BCUT2D eigenvalue weighted by molar-refractivity contribution is 5.85. The van der Waals surface area contributed by atoms with Gasteiger partial charge in [-0.1, -0.05) is 33.6 Å². The first-order chi connectivity index (χ1) is 9.44. The highest BCUT2D eigenvalue weighted by atomic mass is 16.4. The van der Waals surface area contributed by atoms with E-state index in [0.717, 1.165) is 25.8 Å². The van der Waals surface area contributed by atoms with Crippen molar-refractivity contribution in [2.45, 2.75) is 53.4 Å². The maximum absolute atomic E-state index is 12.7. The summed E-state index contributed by atoms with van der Waals surface area (Å²) in [5.41, 5.74) is 0. The van der Waals surface area contributed by atoms with E-state index in [-0.39, 0.29) is 11.8 Å². The monoisotopic (exact) mass is 283 g/mol. The van der Waals surface area contributed by atoms with E-state index >= 15 is 0 Å². The van der Waals surface area contributed by atoms with Crippen LogP contribution >= 0.6 is 0 Å². The Labute approximate surface area is 122 Å². The van der Waals surface area contributed by atoms with E-state index in [0.29, 0.717) is 24.8 Å². The topological polar surface area (TPSA) is 57.6 Å². The van der Waals surface area contributed by atoms with Crippen molar-refractivity contribution in [1.82, 2.24) is 4.90 Å². The quantitative estimate of drug-likeness (QED) is 0.781. The average Bonchev–Trinajstić information content (AvgIpc) is 2.88. The van der Waals surface area contributed by atoms with Crippen LogP contribution in [0.4, 0.5) is 0 Å². The Kier molecular flexibility index (Phi) is 6.50. The number of aliphatic carboxylic acids is 1. The minimum atomic E-state index is -0.807. The highest BCUT2D eigenvalue weighted by Crippen LogP contribution is 2.39. The summed E-state index contributed by atoms with van der Waals surface area (Å²) in [6, 6.07) is 0. The number of rotatable bonds is 7. The average molecular weight is 283 g/mol. The fraction of sp³-hybridized carbons (Fsp3) is 0.875. The second kappa shape index (κ2) is 7.65. The molecule has 4 unspecified atom stereocenters. The third-order valence-corrected chi connectivity index (χ3v) is 4.79. The summed E-state index contributed by atoms with van der Waals surface area (Å²) in [5.74, 6) is -0.715. The summed E-state index contributed by atoms with van der Waals surface area (Å²) in [6.45, 7) is 9.71. The summed E-state index contributed by atoms with van der Waals surface area (Å²) in [4.78, 5) is 25.9. The molecule has 1 saturated carbocycles. The number of amides is 1. The zero-order chi connectivity index (χ0) is 15.3. The Morgan fingerprint density at radius 3 is 2.25 bits per heavy atom. The van der Waals surface area contributed by atoms with Crippen molar-refractivity contribution in [1.29, 1.82) is 0 Å². The van der Waals surface area contributed by atoms with Crippen LogP contribution in [0, 0.1) is 23.7 Å². The van der Waals surface area contributed by atoms with Gasteiger partial charge in [0.25, 0.3) is 0 Å². The zero-order valence-electron chi connectivity index (χ0n) is 13.3. The molecule has 1 fully saturated rings. The lowest BCUT2D eigenvalue weighted by Gasteiger charge is -2.28. The molecule has 0 saturated heterocycles. The van der Waals surface area contributed by atoms with Gasteiger partial charge in [0.1, 0.15) is 0 Å². The van der Waals surface area contributed by atoms with Crippen molar-refractivity contribution in [3.8, 4) is 0 Å². The molecule has 0 aromatic heterocycles. The molecule has 4 atom stereocenters. The maximum Gasteiger partial charge on any atom is 0.307 e. The normalized spacial score (nSPS) is 27.3. The summed E-state index contributed by atoms with van der Waals surface area (Å²) < 4.78 is 0. The summed E-state index contributed by atoms with van der Waals surface area (Å²) in [5, 5.41) is 9.36. The van der Waals surface area contributed by atoms with Crippen LogP contribution in [0.25, 0.3) is 0 Å². The summed E-state index contributed by atoms with van der Waals surface area (Å²) in [6.07, 6.45) is 3.39. The van der Waals surface area contributed by atoms with Gasteiger partial charge in [0.15, 0.2) is 0 Å². The molecule has 1 N–H and O–H groups in total. The van der Waals surface area contributed by atoms with Gasteiger partial charge in [0.05, 0.1) is 11.8 Å². The van der Waals surface area contributed by atoms with Gasteiger partial charge in [-0.25, -0.2) is 0 Å². The van der Waals surface area contributed by atoms with Crippen LogP contribution in [0.5, 0.6) is 0 Å². The molecule has 0 aromatic carbocycles. The Bertz CT molecular complexity index is 343. The smallest absolute Gasteiger partial charge is 0.307 e. The van der Waals surface area contributed by atoms with Crippen LogP contribution in [0.1, 0.15) is 53.4 Å². The fourth-order valence-electron chi connectivity index (χ4n) is 3.14. The van der Waals surface area contributed by atoms with Gasteiger partial charge in [0, 0.05) is 13.1 Å². The van der Waals surface area contributed by atoms with Crippen molar-refractivity contribution in [3.05, 3.63) is 0 Å². The van der Waals surface area contributed by atoms with Crippen LogP contribution in [0.3, 0.4) is 0 Å². The first kappa shape index (κ1) is 17.0. The largest absolute Gasteiger partial charge is 0.481 e. The molecule has 1 aliphatic rings. The molecular formula is C16H29NO3. The number of carboxylic acids is 1. The predicted octanol–water partition coefficient (Wildman–Crippen LogP) is 3.02. The number of hydrogen-bond donors (Lipinski definition) is 1. The molecule has 116 valence electrons. The maximum atomic E-state index is 12.7. The Balaban J connectivity index is 2.78. The molecule has 0 spiro atoms. The molecule has 0 bridgehead atoms. The first-order valence-electron chi connectivity index (χ1n) is 7.96. The van der Waals surface area contributed by atoms with E-state index in [1.807, 2.05) is 11.8 Å². The lowest BCUT2D eigenvalue weighted by molar-refractivity contribution is -0.149. The second-order valence-corrected chi connectivity index (χ2v) is 6.19. The van der Waals surface area contributed by atoms with E-state index in [1.54, 1.807) is 0 Å². The van der Waals surface area contributed by atoms with E-state index in [9.17, 15) is 14.7 Å². The molecule has 0 radical (unpaired) electrons. The van der Waals surface area contributed by atoms with Gasteiger partial charge in [-0.15, -0.1) is 0 Å². The SMILES string of the molecule is CCC(C)CN(CC)C(=O)C1CC(CC)CC1C(=O)O. The molecule has 0 heterocycles. The lowest BCUT2D eigenvalue weighted by Crippen LogP contribution is -2.41. The number of carbonyl (C=O) groups is 2. The van der Waals surface area contributed by atoms with Gasteiger partial charge in [-0.3, -0.25) is 9.59 Å². The van der Waals surface area contributed by atoms with Gasteiger partial charge in [0.2, 0.25) is 5.91 Å². The molecule has 1 aliphatic carbocycles. The van der Waals surface area contributed by atoms with Gasteiger partial charge in [-0.2, -0.15) is 0 Å². The van der Waals surface area contributed by atoms with Crippen molar-refractivity contribution in [2.75, 3.05) is 13.1 Å². The van der Waals surface area contributed by atoms with Crippen molar-refractivity contribution in [3.63, 3.8) is 0 Å². The Morgan fingerprint density at radius 1 is 1.20 bits per heavy atom. The van der Waals surface area contributed by atoms with E-state index < -0.39 is 11.9 Å². The van der Waals surface area contributed by atoms with Crippen LogP contribution in [0.2, 0.25) is 0 Å². The minimum absolute atomic E-state index is 0.0520. The first-order valence-corrected chi connectivity index (χ1v) is 7.96. The van der Waals surface area contributed by atoms with Crippen molar-refractivity contribution in [2.24, 2.45) is 23.7 Å². The summed E-state index contributed by atoms with van der Waals surface area (Å²) >= 11 is 0. The summed E-state index contributed by atoms with van der Waals surface area (Å²) in [7, 11) is 0. The number of nitrogens with zero attached hydrogens (tertiary/aromatic N) is 1. The van der Waals surface area contributed by atoms with Crippen LogP contribution in [-0.2, 0) is 9.59 Å². The highest BCUT2D eigenvalue weighted by Gasteiger charge is 2.43. The van der Waals surface area contributed by atoms with Crippen molar-refractivity contribution < 1.29 is 14.7 Å². The molecule has 1 rings (SSSR count). The van der Waals surface area contributed by atoms with E-state index in [1.165, 1.54) is 0 Å². The lowest BCUT2D eigenvalue weighted by atomic mass is 9.94. The fourth-order valence-corrected chi connectivity index (χ4v) is 3.14. The Morgan fingerprint density at radius 2 is 1.80 bits per heavy atom. The van der Waals surface area contributed by atoms with Gasteiger partial charge in [-0.05, 0) is 31.6 Å². The zero-order valence-corrected chi connectivity index (χ0v) is 13.3. The van der Waals surface area contributed by atoms with Crippen LogP contribution < -0.4 is 0 Å². The minimum Gasteiger partial charge on any atom is -0.481 e. The van der Waals surface area contributed by atoms with Crippen LogP contribution in [-0.4, -0.2) is 35.0 Å². The molecule has 4 nitrogen and oxygen atoms in total. The third kappa shape index (κ3) is 3.97. The number of carboxylic acid groups (broad SMARTS) is 1. The molecular weight excluding hydrogens is 254 g/mol. The van der Waals surface area contributed by atoms with Crippen molar-refractivity contribution >= 4 is 11.9 Å². The molecule has 1 amide bonds. The predicted molar refractivity (Wildman–Crippen MR) is 79.3 cm³/mol. The number of carbonyl (C=O) groups excluding carboxylic acids is 1. The third-order valence-electron chi connectivity index (χ3n) is 4.79. The van der Waals surface area contributed by atoms with E-state index in [4.69, 9.17) is 0 Å². The number of hydrogen-bond acceptors (Lipinski definition) is 2. The molecule has 0 aromatic rings. The van der Waals surface area contributed by atoms with E-state index in [2.05, 4.69) is 20.8 Å². The Hall–Kier alpha value is -1.06. The van der Waals surface area contributed by atoms with Gasteiger partial charge >= 0.3 is 5.97 Å². The van der Waals surface area contributed by atoms with Gasteiger partial charge < -0.3 is 10.0 Å². The van der Waals surface area contributed by atoms with Crippen LogP contribution in [0.15, 0.2) is 0 Å². The standard InChI is InChI=1S/C16H29NO3/c1-5-11(4)10-17(7-3)15(18)13-8-12(6-2)9-14(13)16(19)20/h11-14H,5-10H2,1-4H3,(H,19,20). The molecule has 20 heavy (non-hydrogen) atoms. The molecule has 4 heteroatoms. The molecule has 0 aliphatic heterocycles.